The van der Waals surface area contributed by atoms with Crippen LogP contribution in [0.25, 0.3) is 0 Å². The lowest BCUT2D eigenvalue weighted by Gasteiger charge is -2.44. The van der Waals surface area contributed by atoms with Crippen molar-refractivity contribution in [2.24, 2.45) is 34.5 Å². The Labute approximate surface area is 230 Å². The van der Waals surface area contributed by atoms with Gasteiger partial charge in [0, 0.05) is 31.1 Å². The van der Waals surface area contributed by atoms with Crippen LogP contribution in [0.15, 0.2) is 54.6 Å². The molecule has 3 unspecified atom stereocenters. The molecule has 0 bridgehead atoms. The first-order chi connectivity index (χ1) is 17.6. The first kappa shape index (κ1) is 31.3. The van der Waals surface area contributed by atoms with Crippen molar-refractivity contribution in [2.75, 3.05) is 14.1 Å². The Balaban J connectivity index is 2.24. The highest BCUT2D eigenvalue weighted by atomic mass is 16.5. The van der Waals surface area contributed by atoms with Crippen molar-refractivity contribution in [2.45, 2.75) is 68.2 Å². The molecule has 0 heterocycles. The molecule has 1 amide bonds. The summed E-state index contributed by atoms with van der Waals surface area (Å²) in [6.45, 7) is 16.8. The predicted molar refractivity (Wildman–Crippen MR) is 154 cm³/mol. The highest BCUT2D eigenvalue weighted by Gasteiger charge is 2.47. The van der Waals surface area contributed by atoms with E-state index in [1.807, 2.05) is 53.1 Å². The number of rotatable bonds is 12. The zero-order chi connectivity index (χ0) is 28.8. The van der Waals surface area contributed by atoms with Gasteiger partial charge in [0.05, 0.1) is 5.41 Å². The number of ether oxygens (including phenoxy) is 1. The van der Waals surface area contributed by atoms with Crippen LogP contribution < -0.4 is 4.74 Å². The summed E-state index contributed by atoms with van der Waals surface area (Å²) >= 11 is 0. The van der Waals surface area contributed by atoms with Gasteiger partial charge in [0.15, 0.2) is 5.78 Å². The molecule has 0 aliphatic heterocycles. The summed E-state index contributed by atoms with van der Waals surface area (Å²) in [5.74, 6) is 0.532. The van der Waals surface area contributed by atoms with Crippen LogP contribution in [0, 0.1) is 34.5 Å². The Kier molecular flexibility index (Phi) is 10.5. The first-order valence-electron chi connectivity index (χ1n) is 13.7. The van der Waals surface area contributed by atoms with Crippen LogP contribution in [0.5, 0.6) is 5.75 Å². The quantitative estimate of drug-likeness (QED) is 0.167. The Hall–Kier alpha value is -2.95. The minimum Gasteiger partial charge on any atom is -0.426 e. The van der Waals surface area contributed by atoms with Gasteiger partial charge in [-0.2, -0.15) is 0 Å². The van der Waals surface area contributed by atoms with E-state index in [2.05, 4.69) is 34.6 Å². The summed E-state index contributed by atoms with van der Waals surface area (Å²) in [4.78, 5) is 41.2. The van der Waals surface area contributed by atoms with E-state index in [1.54, 1.807) is 41.3 Å². The maximum atomic E-state index is 13.6. The Bertz CT molecular complexity index is 1090. The number of carbonyl (C=O) groups excluding carboxylic acids is 3. The van der Waals surface area contributed by atoms with E-state index in [1.165, 1.54) is 0 Å². The molecule has 2 aromatic carbocycles. The summed E-state index contributed by atoms with van der Waals surface area (Å²) in [5.41, 5.74) is 0.0959. The molecule has 0 aliphatic carbocycles. The number of esters is 1. The third-order valence-corrected chi connectivity index (χ3v) is 8.25. The van der Waals surface area contributed by atoms with Crippen LogP contribution in [-0.2, 0) is 9.59 Å². The van der Waals surface area contributed by atoms with Gasteiger partial charge in [-0.3, -0.25) is 14.4 Å². The second kappa shape index (κ2) is 12.7. The lowest BCUT2D eigenvalue weighted by molar-refractivity contribution is -0.151. The van der Waals surface area contributed by atoms with Crippen LogP contribution in [0.3, 0.4) is 0 Å². The smallest absolute Gasteiger partial charge is 0.317 e. The third kappa shape index (κ3) is 7.55. The molecule has 5 nitrogen and oxygen atoms in total. The molecule has 3 atom stereocenters. The average molecular weight is 522 g/mol. The summed E-state index contributed by atoms with van der Waals surface area (Å²) in [6, 6.07) is 15.8. The summed E-state index contributed by atoms with van der Waals surface area (Å²) in [7, 11) is 3.62. The minimum absolute atomic E-state index is 0.0218. The molecule has 0 saturated carbocycles. The largest absolute Gasteiger partial charge is 0.426 e. The third-order valence-electron chi connectivity index (χ3n) is 8.25. The maximum Gasteiger partial charge on any atom is 0.317 e. The monoisotopic (exact) mass is 521 g/mol. The number of ketones is 1. The minimum atomic E-state index is -0.764. The van der Waals surface area contributed by atoms with Gasteiger partial charge in [0.25, 0.3) is 0 Å². The van der Waals surface area contributed by atoms with Crippen LogP contribution in [-0.4, -0.2) is 36.7 Å². The van der Waals surface area contributed by atoms with Gasteiger partial charge in [-0.25, -0.2) is 0 Å². The second-order valence-corrected chi connectivity index (χ2v) is 12.6. The van der Waals surface area contributed by atoms with E-state index < -0.39 is 5.41 Å². The number of carbonyl (C=O) groups is 3. The predicted octanol–water partition coefficient (Wildman–Crippen LogP) is 7.29. The zero-order valence-electron chi connectivity index (χ0n) is 25.0. The van der Waals surface area contributed by atoms with E-state index in [0.29, 0.717) is 29.2 Å². The molecule has 0 spiro atoms. The van der Waals surface area contributed by atoms with Crippen molar-refractivity contribution in [3.63, 3.8) is 0 Å². The number of amides is 1. The number of hydrogen-bond donors (Lipinski definition) is 0. The first-order valence-corrected chi connectivity index (χ1v) is 13.7. The highest BCUT2D eigenvalue weighted by Crippen LogP contribution is 2.47. The van der Waals surface area contributed by atoms with Crippen molar-refractivity contribution in [1.29, 1.82) is 0 Å². The maximum absolute atomic E-state index is 13.6. The summed E-state index contributed by atoms with van der Waals surface area (Å²) < 4.78 is 5.89. The molecule has 0 radical (unpaired) electrons. The normalized spacial score (nSPS) is 15.1. The van der Waals surface area contributed by atoms with Gasteiger partial charge in [-0.15, -0.1) is 0 Å². The average Bonchev–Trinajstić information content (AvgIpc) is 2.86. The molecule has 2 rings (SSSR count). The molecule has 38 heavy (non-hydrogen) atoms. The molecule has 0 N–H and O–H groups in total. The SMILES string of the molecule is CC(C)CC(C(=O)N(C)C)C(C)C(C)(C)CC(C)(C(=O)Oc1ccc(C(=O)c2ccccc2)cc1)C(C)C. The topological polar surface area (TPSA) is 63.7 Å². The van der Waals surface area contributed by atoms with Crippen LogP contribution >= 0.6 is 0 Å². The van der Waals surface area contributed by atoms with Crippen LogP contribution in [0.2, 0.25) is 0 Å². The van der Waals surface area contributed by atoms with E-state index in [9.17, 15) is 14.4 Å². The van der Waals surface area contributed by atoms with Gasteiger partial charge in [0.1, 0.15) is 5.75 Å². The summed E-state index contributed by atoms with van der Waals surface area (Å²) in [5, 5.41) is 0. The number of nitrogens with zero attached hydrogens (tertiary/aromatic N) is 1. The second-order valence-electron chi connectivity index (χ2n) is 12.6. The summed E-state index contributed by atoms with van der Waals surface area (Å²) in [6.07, 6.45) is 1.38. The molecule has 0 saturated heterocycles. The zero-order valence-corrected chi connectivity index (χ0v) is 25.0. The van der Waals surface area contributed by atoms with Crippen molar-refractivity contribution >= 4 is 17.7 Å². The standard InChI is InChI=1S/C33H47NO4/c1-22(2)20-28(30(36)34(9)10)24(5)32(6,7)21-33(8,23(3)4)31(37)38-27-18-16-26(17-19-27)29(35)25-14-12-11-13-15-25/h11-19,22-24,28H,20-21H2,1-10H3. The Morgan fingerprint density at radius 3 is 1.82 bits per heavy atom. The lowest BCUT2D eigenvalue weighted by Crippen LogP contribution is -2.45. The van der Waals surface area contributed by atoms with Gasteiger partial charge < -0.3 is 9.64 Å². The van der Waals surface area contributed by atoms with E-state index in [-0.39, 0.29) is 40.8 Å². The van der Waals surface area contributed by atoms with Crippen molar-refractivity contribution in [3.05, 3.63) is 65.7 Å². The molecular weight excluding hydrogens is 474 g/mol. The lowest BCUT2D eigenvalue weighted by atomic mass is 9.61. The Morgan fingerprint density at radius 1 is 0.816 bits per heavy atom. The van der Waals surface area contributed by atoms with E-state index in [0.717, 1.165) is 6.42 Å². The van der Waals surface area contributed by atoms with Crippen LogP contribution in [0.1, 0.15) is 84.2 Å². The van der Waals surface area contributed by atoms with Gasteiger partial charge in [0.2, 0.25) is 5.91 Å². The highest BCUT2D eigenvalue weighted by molar-refractivity contribution is 6.09. The van der Waals surface area contributed by atoms with Crippen molar-refractivity contribution in [3.8, 4) is 5.75 Å². The molecule has 2 aromatic rings. The van der Waals surface area contributed by atoms with E-state index >= 15 is 0 Å². The van der Waals surface area contributed by atoms with E-state index in [4.69, 9.17) is 4.74 Å². The fourth-order valence-electron chi connectivity index (χ4n) is 5.18. The molecule has 0 fully saturated rings. The fraction of sp³-hybridized carbons (Fsp3) is 0.545. The fourth-order valence-corrected chi connectivity index (χ4v) is 5.18. The Morgan fingerprint density at radius 2 is 1.34 bits per heavy atom. The van der Waals surface area contributed by atoms with Gasteiger partial charge in [-0.1, -0.05) is 78.8 Å². The number of benzene rings is 2. The molecule has 0 aliphatic rings. The van der Waals surface area contributed by atoms with Gasteiger partial charge >= 0.3 is 5.97 Å². The van der Waals surface area contributed by atoms with Gasteiger partial charge in [-0.05, 0) is 67.2 Å². The van der Waals surface area contributed by atoms with Crippen molar-refractivity contribution < 1.29 is 19.1 Å². The molecular formula is C33H47NO4. The molecule has 5 heteroatoms. The molecule has 208 valence electrons. The van der Waals surface area contributed by atoms with Crippen molar-refractivity contribution in [1.82, 2.24) is 4.90 Å². The van der Waals surface area contributed by atoms with Crippen LogP contribution in [0.4, 0.5) is 0 Å². The molecule has 0 aromatic heterocycles. The number of hydrogen-bond acceptors (Lipinski definition) is 4.